The van der Waals surface area contributed by atoms with Crippen molar-refractivity contribution < 1.29 is 21.4 Å². The van der Waals surface area contributed by atoms with Crippen molar-refractivity contribution in [2.45, 2.75) is 26.7 Å². The molecule has 0 spiro atoms. The Bertz CT molecular complexity index is 236. The Hall–Kier alpha value is -0.197. The molecule has 0 unspecified atom stereocenters. The Morgan fingerprint density at radius 2 is 2.00 bits per heavy atom. The predicted octanol–water partition coefficient (Wildman–Crippen LogP) is 1.43. The maximum absolute atomic E-state index is 9.26. The second kappa shape index (κ2) is 4.74. The molecule has 12 heavy (non-hydrogen) atoms. The van der Waals surface area contributed by atoms with Crippen LogP contribution in [0, 0.1) is 0 Å². The van der Waals surface area contributed by atoms with E-state index in [4.69, 9.17) is 0 Å². The number of benzene rings is 1. The summed E-state index contributed by atoms with van der Waals surface area (Å²) in [5.41, 5.74) is 2.82. The van der Waals surface area contributed by atoms with E-state index in [-0.39, 0.29) is 0 Å². The molecule has 1 aromatic rings. The third-order valence-electron chi connectivity index (χ3n) is 2.27. The van der Waals surface area contributed by atoms with Gasteiger partial charge < -0.3 is 0 Å². The molecule has 0 aliphatic carbocycles. The van der Waals surface area contributed by atoms with Gasteiger partial charge in [0.25, 0.3) is 0 Å². The van der Waals surface area contributed by atoms with Gasteiger partial charge in [-0.25, -0.2) is 0 Å². The Morgan fingerprint density at radius 1 is 1.25 bits per heavy atom. The summed E-state index contributed by atoms with van der Waals surface area (Å²) in [5, 5.41) is 0. The Morgan fingerprint density at radius 3 is 2.50 bits per heavy atom. The molecule has 0 aliphatic rings. The fourth-order valence-electron chi connectivity index (χ4n) is 1.62. The first-order valence-electron chi connectivity index (χ1n) is 4.54. The quantitative estimate of drug-likeness (QED) is 0.757. The van der Waals surface area contributed by atoms with Crippen molar-refractivity contribution in [3.05, 3.63) is 29.3 Å². The summed E-state index contributed by atoms with van der Waals surface area (Å²) in [6, 6.07) is 6.31. The second-order valence-corrected chi connectivity index (χ2v) is 5.18. The molecule has 1 rings (SSSR count). The molecule has 0 bridgehead atoms. The minimum absolute atomic E-state index is 1.06. The third-order valence-corrected chi connectivity index (χ3v) is 4.38. The molecule has 0 saturated carbocycles. The average molecular weight is 216 g/mol. The predicted molar refractivity (Wildman–Crippen MR) is 47.1 cm³/mol. The molecule has 2 heteroatoms. The van der Waals surface area contributed by atoms with Crippen LogP contribution in [-0.4, -0.2) is 3.93 Å². The van der Waals surface area contributed by atoms with Gasteiger partial charge in [0.2, 0.25) is 0 Å². The summed E-state index contributed by atoms with van der Waals surface area (Å²) in [5.74, 6) is 0. The van der Waals surface area contributed by atoms with Gasteiger partial charge in [0.1, 0.15) is 0 Å². The standard InChI is InChI=1S/C10H13.H2O.Zn/c1-3-9-7-5-6-8-10(9)4-2;;/h5-7H,3-4H2,1-2H3;1H2;/q;;+1/p-1. The topological polar surface area (TPSA) is 20.2 Å². The molecule has 0 heterocycles. The molecule has 0 amide bonds. The first-order valence-corrected chi connectivity index (χ1v) is 7.35. The van der Waals surface area contributed by atoms with Gasteiger partial charge in [-0.2, -0.15) is 0 Å². The van der Waals surface area contributed by atoms with Gasteiger partial charge >= 0.3 is 81.6 Å². The Kier molecular flexibility index (Phi) is 3.90. The molecule has 0 fully saturated rings. The van der Waals surface area contributed by atoms with E-state index in [1.165, 1.54) is 15.3 Å². The van der Waals surface area contributed by atoms with Crippen LogP contribution in [-0.2, 0) is 30.3 Å². The summed E-state index contributed by atoms with van der Waals surface area (Å²) in [6.07, 6.45) is 2.14. The normalized spacial score (nSPS) is 9.58. The van der Waals surface area contributed by atoms with Crippen molar-refractivity contribution in [2.75, 3.05) is 0 Å². The summed E-state index contributed by atoms with van der Waals surface area (Å²) >= 11 is -1.38. The average Bonchev–Trinajstić information content (AvgIpc) is 2.16. The zero-order chi connectivity index (χ0) is 8.97. The van der Waals surface area contributed by atoms with E-state index >= 15 is 0 Å². The zero-order valence-corrected chi connectivity index (χ0v) is 10.8. The van der Waals surface area contributed by atoms with Crippen molar-refractivity contribution >= 4 is 4.16 Å². The van der Waals surface area contributed by atoms with Crippen molar-refractivity contribution in [1.82, 2.24) is 0 Å². The molecular formula is C10H14OZn. The van der Waals surface area contributed by atoms with E-state index in [2.05, 4.69) is 32.0 Å². The van der Waals surface area contributed by atoms with Crippen LogP contribution in [0.4, 0.5) is 0 Å². The summed E-state index contributed by atoms with van der Waals surface area (Å²) in [4.78, 5) is 0. The Labute approximate surface area is 81.8 Å². The first kappa shape index (κ1) is 9.89. The summed E-state index contributed by atoms with van der Waals surface area (Å²) in [6.45, 7) is 4.33. The van der Waals surface area contributed by atoms with Gasteiger partial charge in [0.15, 0.2) is 0 Å². The van der Waals surface area contributed by atoms with Gasteiger partial charge in [0.05, 0.1) is 0 Å². The van der Waals surface area contributed by atoms with Gasteiger partial charge in [-0.3, -0.25) is 0 Å². The molecule has 0 aliphatic heterocycles. The molecular weight excluding hydrogens is 201 g/mol. The van der Waals surface area contributed by atoms with Crippen LogP contribution in [0.2, 0.25) is 0 Å². The summed E-state index contributed by atoms with van der Waals surface area (Å²) < 4.78 is 10.5. The fourth-order valence-corrected chi connectivity index (χ4v) is 3.53. The Balaban J connectivity index is 3.13. The van der Waals surface area contributed by atoms with Crippen LogP contribution in [0.5, 0.6) is 0 Å². The van der Waals surface area contributed by atoms with E-state index in [9.17, 15) is 3.93 Å². The van der Waals surface area contributed by atoms with Crippen LogP contribution in [0.25, 0.3) is 0 Å². The SMILES string of the molecule is CCc1ccc[c]([Zn][OH])c1CC. The number of aryl methyl sites for hydroxylation is 1. The third kappa shape index (κ3) is 1.94. The molecule has 0 radical (unpaired) electrons. The molecule has 1 N–H and O–H groups in total. The molecule has 1 nitrogen and oxygen atoms in total. The van der Waals surface area contributed by atoms with Crippen molar-refractivity contribution in [3.63, 3.8) is 0 Å². The monoisotopic (exact) mass is 214 g/mol. The van der Waals surface area contributed by atoms with Crippen LogP contribution in [0.15, 0.2) is 18.2 Å². The minimum atomic E-state index is -1.38. The van der Waals surface area contributed by atoms with Crippen LogP contribution in [0.3, 0.4) is 0 Å². The van der Waals surface area contributed by atoms with Gasteiger partial charge in [-0.15, -0.1) is 0 Å². The molecule has 0 saturated heterocycles. The number of hydrogen-bond acceptors (Lipinski definition) is 1. The first-order chi connectivity index (χ1) is 5.83. The second-order valence-electron chi connectivity index (χ2n) is 2.92. The van der Waals surface area contributed by atoms with Gasteiger partial charge in [-0.1, -0.05) is 0 Å². The molecule has 0 atom stereocenters. The van der Waals surface area contributed by atoms with Crippen LogP contribution >= 0.6 is 0 Å². The molecule has 1 aromatic carbocycles. The van der Waals surface area contributed by atoms with E-state index in [1.54, 1.807) is 0 Å². The van der Waals surface area contributed by atoms with Crippen molar-refractivity contribution in [3.8, 4) is 0 Å². The van der Waals surface area contributed by atoms with Crippen molar-refractivity contribution in [2.24, 2.45) is 0 Å². The maximum atomic E-state index is 9.26. The van der Waals surface area contributed by atoms with E-state index in [0.717, 1.165) is 12.8 Å². The molecule has 62 valence electrons. The van der Waals surface area contributed by atoms with Crippen LogP contribution < -0.4 is 4.16 Å². The fraction of sp³-hybridized carbons (Fsp3) is 0.400. The summed E-state index contributed by atoms with van der Waals surface area (Å²) in [7, 11) is 0. The molecule has 0 aromatic heterocycles. The van der Waals surface area contributed by atoms with E-state index < -0.39 is 17.5 Å². The number of rotatable bonds is 3. The van der Waals surface area contributed by atoms with Crippen LogP contribution in [0.1, 0.15) is 25.0 Å². The van der Waals surface area contributed by atoms with Crippen molar-refractivity contribution in [1.29, 1.82) is 0 Å². The van der Waals surface area contributed by atoms with E-state index in [1.807, 2.05) is 0 Å². The number of hydrogen-bond donors (Lipinski definition) is 1. The van der Waals surface area contributed by atoms with Gasteiger partial charge in [-0.05, 0) is 0 Å². The zero-order valence-electron chi connectivity index (χ0n) is 7.80. The van der Waals surface area contributed by atoms with Gasteiger partial charge in [0, 0.05) is 0 Å². The van der Waals surface area contributed by atoms with E-state index in [0.29, 0.717) is 0 Å².